The highest BCUT2D eigenvalue weighted by Crippen LogP contribution is 2.47. The number of benzene rings is 1. The second-order valence-corrected chi connectivity index (χ2v) is 5.01. The molecule has 0 aromatic heterocycles. The maximum atomic E-state index is 4.45. The van der Waals surface area contributed by atoms with Crippen LogP contribution in [0.3, 0.4) is 0 Å². The Morgan fingerprint density at radius 1 is 1.22 bits per heavy atom. The lowest BCUT2D eigenvalue weighted by Gasteiger charge is -2.21. The van der Waals surface area contributed by atoms with Crippen LogP contribution in [-0.4, -0.2) is 25.6 Å². The molecule has 3 rings (SSSR count). The molecule has 0 unspecified atom stereocenters. The molecule has 0 bridgehead atoms. The molecule has 1 saturated carbocycles. The molecule has 98 valence electrons. The third-order valence-corrected chi connectivity index (χ3v) is 3.73. The normalized spacial score (nSPS) is 20.1. The van der Waals surface area contributed by atoms with Crippen molar-refractivity contribution in [1.82, 2.24) is 10.6 Å². The molecule has 3 nitrogen and oxygen atoms in total. The van der Waals surface area contributed by atoms with Gasteiger partial charge in [0, 0.05) is 25.0 Å². The Morgan fingerprint density at radius 2 is 2.00 bits per heavy atom. The van der Waals surface area contributed by atoms with E-state index >= 15 is 0 Å². The topological polar surface area (TPSA) is 36.4 Å². The summed E-state index contributed by atoms with van der Waals surface area (Å²) in [5.41, 5.74) is 1.83. The molecule has 0 radical (unpaired) electrons. The second kappa shape index (κ2) is 5.91. The van der Waals surface area contributed by atoms with Crippen LogP contribution in [0.25, 0.3) is 0 Å². The lowest BCUT2D eigenvalue weighted by atomic mass is 9.96. The molecule has 0 spiro atoms. The lowest BCUT2D eigenvalue weighted by molar-refractivity contribution is 0.629. The van der Waals surface area contributed by atoms with Gasteiger partial charge in [-0.3, -0.25) is 4.99 Å². The highest BCUT2D eigenvalue weighted by Gasteiger charge is 2.43. The van der Waals surface area contributed by atoms with Gasteiger partial charge in [-0.15, -0.1) is 24.0 Å². The van der Waals surface area contributed by atoms with Crippen molar-refractivity contribution in [3.63, 3.8) is 0 Å². The van der Waals surface area contributed by atoms with Crippen molar-refractivity contribution < 1.29 is 0 Å². The third kappa shape index (κ3) is 2.96. The van der Waals surface area contributed by atoms with Crippen LogP contribution in [0.4, 0.5) is 0 Å². The summed E-state index contributed by atoms with van der Waals surface area (Å²) in [6.45, 7) is 3.00. The minimum absolute atomic E-state index is 0. The van der Waals surface area contributed by atoms with Crippen molar-refractivity contribution in [3.8, 4) is 0 Å². The minimum atomic E-state index is 0. The average molecular weight is 357 g/mol. The Morgan fingerprint density at radius 3 is 2.61 bits per heavy atom. The standard InChI is InChI=1S/C14H19N3.HI/c1-2-5-12(6-3-1)14(7-8-14)11-17-13-15-9-4-10-16-13;/h1-3,5-6H,4,7-11H2,(H2,15,16,17);1H. The molecule has 1 aromatic rings. The highest BCUT2D eigenvalue weighted by atomic mass is 127. The van der Waals surface area contributed by atoms with E-state index in [2.05, 4.69) is 46.0 Å². The zero-order valence-corrected chi connectivity index (χ0v) is 12.8. The van der Waals surface area contributed by atoms with E-state index < -0.39 is 0 Å². The summed E-state index contributed by atoms with van der Waals surface area (Å²) in [4.78, 5) is 4.45. The van der Waals surface area contributed by atoms with E-state index in [-0.39, 0.29) is 24.0 Å². The van der Waals surface area contributed by atoms with Crippen LogP contribution in [0.5, 0.6) is 0 Å². The van der Waals surface area contributed by atoms with Gasteiger partial charge >= 0.3 is 0 Å². The van der Waals surface area contributed by atoms with Crippen molar-refractivity contribution in [2.75, 3.05) is 19.6 Å². The van der Waals surface area contributed by atoms with Crippen LogP contribution < -0.4 is 10.6 Å². The van der Waals surface area contributed by atoms with Crippen LogP contribution >= 0.6 is 24.0 Å². The largest absolute Gasteiger partial charge is 0.356 e. The average Bonchev–Trinajstić information content (AvgIpc) is 3.20. The van der Waals surface area contributed by atoms with Crippen molar-refractivity contribution in [2.24, 2.45) is 4.99 Å². The van der Waals surface area contributed by atoms with Gasteiger partial charge < -0.3 is 10.6 Å². The Bertz CT molecular complexity index is 412. The number of guanidine groups is 1. The zero-order valence-electron chi connectivity index (χ0n) is 10.5. The molecule has 2 N–H and O–H groups in total. The molecule has 18 heavy (non-hydrogen) atoms. The van der Waals surface area contributed by atoms with Crippen LogP contribution in [0.1, 0.15) is 24.8 Å². The Labute approximate surface area is 125 Å². The molecule has 1 heterocycles. The Balaban J connectivity index is 0.00000120. The fourth-order valence-corrected chi connectivity index (χ4v) is 2.41. The number of nitrogens with zero attached hydrogens (tertiary/aromatic N) is 1. The van der Waals surface area contributed by atoms with Gasteiger partial charge in [0.15, 0.2) is 5.96 Å². The Hall–Kier alpha value is -0.780. The number of hydrogen-bond donors (Lipinski definition) is 2. The van der Waals surface area contributed by atoms with Crippen LogP contribution in [0.2, 0.25) is 0 Å². The maximum absolute atomic E-state index is 4.45. The molecular formula is C14H20IN3. The summed E-state index contributed by atoms with van der Waals surface area (Å²) in [6.07, 6.45) is 3.73. The molecule has 1 aromatic carbocycles. The number of nitrogens with one attached hydrogen (secondary N) is 2. The minimum Gasteiger partial charge on any atom is -0.356 e. The molecule has 1 aliphatic carbocycles. The van der Waals surface area contributed by atoms with Crippen molar-refractivity contribution in [1.29, 1.82) is 0 Å². The lowest BCUT2D eigenvalue weighted by Crippen LogP contribution is -2.43. The van der Waals surface area contributed by atoms with E-state index in [9.17, 15) is 0 Å². The first-order valence-electron chi connectivity index (χ1n) is 6.47. The summed E-state index contributed by atoms with van der Waals surface area (Å²) in [7, 11) is 0. The van der Waals surface area contributed by atoms with Gasteiger partial charge in [0.05, 0.1) is 0 Å². The molecule has 0 amide bonds. The van der Waals surface area contributed by atoms with Gasteiger partial charge in [0.2, 0.25) is 0 Å². The first-order valence-corrected chi connectivity index (χ1v) is 6.47. The summed E-state index contributed by atoms with van der Waals surface area (Å²) in [5, 5.41) is 6.77. The van der Waals surface area contributed by atoms with Crippen molar-refractivity contribution >= 4 is 29.9 Å². The third-order valence-electron chi connectivity index (χ3n) is 3.73. The quantitative estimate of drug-likeness (QED) is 0.815. The fourth-order valence-electron chi connectivity index (χ4n) is 2.41. The number of rotatable bonds is 3. The SMILES string of the molecule is I.c1ccc(C2(CNC3=NCCCN3)CC2)cc1. The van der Waals surface area contributed by atoms with E-state index in [1.165, 1.54) is 18.4 Å². The summed E-state index contributed by atoms with van der Waals surface area (Å²) >= 11 is 0. The monoisotopic (exact) mass is 357 g/mol. The van der Waals surface area contributed by atoms with Gasteiger partial charge in [-0.05, 0) is 24.8 Å². The van der Waals surface area contributed by atoms with E-state index in [0.717, 1.165) is 32.0 Å². The summed E-state index contributed by atoms with van der Waals surface area (Å²) in [6, 6.07) is 10.8. The van der Waals surface area contributed by atoms with E-state index in [0.29, 0.717) is 5.41 Å². The second-order valence-electron chi connectivity index (χ2n) is 5.01. The Kier molecular flexibility index (Phi) is 4.48. The van der Waals surface area contributed by atoms with Crippen molar-refractivity contribution in [3.05, 3.63) is 35.9 Å². The zero-order chi connectivity index (χ0) is 11.6. The van der Waals surface area contributed by atoms with Gasteiger partial charge in [-0.1, -0.05) is 30.3 Å². The van der Waals surface area contributed by atoms with E-state index in [1.807, 2.05) is 0 Å². The summed E-state index contributed by atoms with van der Waals surface area (Å²) in [5.74, 6) is 0.985. The number of halogens is 1. The van der Waals surface area contributed by atoms with Crippen molar-refractivity contribution in [2.45, 2.75) is 24.7 Å². The molecule has 4 heteroatoms. The number of aliphatic imine (C=N–C) groups is 1. The molecule has 1 fully saturated rings. The van der Waals surface area contributed by atoms with Crippen LogP contribution in [0.15, 0.2) is 35.3 Å². The molecule has 2 aliphatic rings. The predicted octanol–water partition coefficient (Wildman–Crippen LogP) is 2.28. The molecular weight excluding hydrogens is 337 g/mol. The first kappa shape index (κ1) is 13.6. The summed E-state index contributed by atoms with van der Waals surface area (Å²) < 4.78 is 0. The smallest absolute Gasteiger partial charge is 0.191 e. The molecule has 0 atom stereocenters. The van der Waals surface area contributed by atoms with Gasteiger partial charge in [-0.25, -0.2) is 0 Å². The fraction of sp³-hybridized carbons (Fsp3) is 0.500. The van der Waals surface area contributed by atoms with Crippen LogP contribution in [0, 0.1) is 0 Å². The highest BCUT2D eigenvalue weighted by molar-refractivity contribution is 14.0. The van der Waals surface area contributed by atoms with E-state index in [1.54, 1.807) is 0 Å². The predicted molar refractivity (Wildman–Crippen MR) is 85.7 cm³/mol. The maximum Gasteiger partial charge on any atom is 0.191 e. The van der Waals surface area contributed by atoms with Crippen LogP contribution in [-0.2, 0) is 5.41 Å². The molecule has 0 saturated heterocycles. The van der Waals surface area contributed by atoms with Gasteiger partial charge in [0.1, 0.15) is 0 Å². The van der Waals surface area contributed by atoms with Gasteiger partial charge in [0.25, 0.3) is 0 Å². The molecule has 1 aliphatic heterocycles. The van der Waals surface area contributed by atoms with E-state index in [4.69, 9.17) is 0 Å². The van der Waals surface area contributed by atoms with Gasteiger partial charge in [-0.2, -0.15) is 0 Å². The first-order chi connectivity index (χ1) is 8.39. The number of hydrogen-bond acceptors (Lipinski definition) is 3.